The van der Waals surface area contributed by atoms with Crippen LogP contribution in [0.2, 0.25) is 0 Å². The van der Waals surface area contributed by atoms with E-state index in [9.17, 15) is 0 Å². The van der Waals surface area contributed by atoms with Crippen LogP contribution in [0.1, 0.15) is 65.5 Å². The Kier molecular flexibility index (Phi) is 4.75. The second kappa shape index (κ2) is 5.98. The second-order valence-electron chi connectivity index (χ2n) is 9.14. The van der Waals surface area contributed by atoms with Gasteiger partial charge in [-0.2, -0.15) is 0 Å². The van der Waals surface area contributed by atoms with Gasteiger partial charge in [-0.3, -0.25) is 4.90 Å². The quantitative estimate of drug-likeness (QED) is 0.890. The van der Waals surface area contributed by atoms with Gasteiger partial charge in [0.25, 0.3) is 0 Å². The van der Waals surface area contributed by atoms with E-state index in [4.69, 9.17) is 5.73 Å². The van der Waals surface area contributed by atoms with Crippen molar-refractivity contribution in [3.63, 3.8) is 0 Å². The van der Waals surface area contributed by atoms with Crippen molar-refractivity contribution in [3.05, 3.63) is 35.4 Å². The molecule has 1 aliphatic rings. The number of rotatable bonds is 2. The van der Waals surface area contributed by atoms with Gasteiger partial charge in [-0.25, -0.2) is 0 Å². The first-order chi connectivity index (χ1) is 10.00. The van der Waals surface area contributed by atoms with Crippen LogP contribution in [0.3, 0.4) is 0 Å². The summed E-state index contributed by atoms with van der Waals surface area (Å²) < 4.78 is 0. The highest BCUT2D eigenvalue weighted by molar-refractivity contribution is 5.28. The Bertz CT molecular complexity index is 480. The number of likely N-dealkylation sites (tertiary alicyclic amines) is 1. The minimum atomic E-state index is -0.0367. The van der Waals surface area contributed by atoms with Crippen LogP contribution in [0.15, 0.2) is 24.3 Å². The van der Waals surface area contributed by atoms with Crippen molar-refractivity contribution in [3.8, 4) is 0 Å². The van der Waals surface area contributed by atoms with E-state index in [1.807, 2.05) is 0 Å². The molecule has 1 aromatic carbocycles. The summed E-state index contributed by atoms with van der Waals surface area (Å²) in [6.45, 7) is 15.9. The second-order valence-corrected chi connectivity index (χ2v) is 9.14. The van der Waals surface area contributed by atoms with Crippen molar-refractivity contribution in [2.24, 2.45) is 5.73 Å². The molecule has 0 bridgehead atoms. The first-order valence-electron chi connectivity index (χ1n) is 8.63. The van der Waals surface area contributed by atoms with Gasteiger partial charge in [0, 0.05) is 24.2 Å². The molecule has 2 rings (SSSR count). The molecule has 0 radical (unpaired) electrons. The lowest BCUT2D eigenvalue weighted by atomic mass is 9.80. The van der Waals surface area contributed by atoms with Crippen LogP contribution in [0, 0.1) is 0 Å². The van der Waals surface area contributed by atoms with Crippen LogP contribution in [0.25, 0.3) is 0 Å². The Balaban J connectivity index is 1.99. The van der Waals surface area contributed by atoms with Gasteiger partial charge in [0.15, 0.2) is 0 Å². The van der Waals surface area contributed by atoms with Crippen LogP contribution >= 0.6 is 0 Å². The molecule has 0 saturated carbocycles. The lowest BCUT2D eigenvalue weighted by Gasteiger charge is -2.45. The van der Waals surface area contributed by atoms with Crippen molar-refractivity contribution in [1.82, 2.24) is 4.90 Å². The van der Waals surface area contributed by atoms with Gasteiger partial charge in [-0.05, 0) is 56.6 Å². The summed E-state index contributed by atoms with van der Waals surface area (Å²) >= 11 is 0. The molecule has 0 aliphatic carbocycles. The zero-order valence-electron chi connectivity index (χ0n) is 15.4. The van der Waals surface area contributed by atoms with E-state index in [0.717, 1.165) is 32.4 Å². The molecule has 0 aromatic heterocycles. The lowest BCUT2D eigenvalue weighted by molar-refractivity contribution is 0.0765. The van der Waals surface area contributed by atoms with E-state index in [1.165, 1.54) is 11.1 Å². The smallest absolute Gasteiger partial charge is 0.0219 e. The van der Waals surface area contributed by atoms with Gasteiger partial charge in [0.2, 0.25) is 0 Å². The fraction of sp³-hybridized carbons (Fsp3) is 0.700. The van der Waals surface area contributed by atoms with Crippen LogP contribution in [-0.2, 0) is 11.8 Å². The van der Waals surface area contributed by atoms with Crippen molar-refractivity contribution < 1.29 is 0 Å². The number of benzene rings is 1. The van der Waals surface area contributed by atoms with Crippen LogP contribution in [-0.4, -0.2) is 29.1 Å². The van der Waals surface area contributed by atoms with Crippen LogP contribution < -0.4 is 5.73 Å². The van der Waals surface area contributed by atoms with Crippen molar-refractivity contribution in [1.29, 1.82) is 0 Å². The summed E-state index contributed by atoms with van der Waals surface area (Å²) in [7, 11) is 0. The van der Waals surface area contributed by atoms with Crippen molar-refractivity contribution >= 4 is 0 Å². The topological polar surface area (TPSA) is 29.3 Å². The molecule has 1 aromatic rings. The van der Waals surface area contributed by atoms with E-state index in [2.05, 4.69) is 70.7 Å². The van der Waals surface area contributed by atoms with Crippen LogP contribution in [0.5, 0.6) is 0 Å². The largest absolute Gasteiger partial charge is 0.325 e. The monoisotopic (exact) mass is 302 g/mol. The molecule has 1 fully saturated rings. The molecule has 0 atom stereocenters. The molecule has 1 aliphatic heterocycles. The van der Waals surface area contributed by atoms with Gasteiger partial charge in [-0.1, -0.05) is 45.0 Å². The molecule has 2 N–H and O–H groups in total. The Morgan fingerprint density at radius 2 is 1.45 bits per heavy atom. The Hall–Kier alpha value is -0.860. The van der Waals surface area contributed by atoms with E-state index >= 15 is 0 Å². The van der Waals surface area contributed by atoms with E-state index in [-0.39, 0.29) is 16.5 Å². The van der Waals surface area contributed by atoms with Gasteiger partial charge in [0.1, 0.15) is 0 Å². The van der Waals surface area contributed by atoms with Crippen molar-refractivity contribution in [2.45, 2.75) is 77.3 Å². The minimum absolute atomic E-state index is 0.0367. The molecular formula is C20H34N2. The molecule has 22 heavy (non-hydrogen) atoms. The van der Waals surface area contributed by atoms with Crippen LogP contribution in [0.4, 0.5) is 0 Å². The third-order valence-corrected chi connectivity index (χ3v) is 5.08. The summed E-state index contributed by atoms with van der Waals surface area (Å²) in [6.07, 6.45) is 3.17. The maximum absolute atomic E-state index is 6.69. The SMILES string of the molecule is CC(C)(C)c1ccc(CC2(N)CCN(C(C)(C)C)CC2)cc1. The Morgan fingerprint density at radius 1 is 0.955 bits per heavy atom. The van der Waals surface area contributed by atoms with E-state index in [1.54, 1.807) is 0 Å². The molecule has 2 nitrogen and oxygen atoms in total. The maximum atomic E-state index is 6.69. The zero-order chi connectivity index (χ0) is 16.6. The van der Waals surface area contributed by atoms with Gasteiger partial charge >= 0.3 is 0 Å². The van der Waals surface area contributed by atoms with Gasteiger partial charge < -0.3 is 5.73 Å². The van der Waals surface area contributed by atoms with Gasteiger partial charge in [-0.15, -0.1) is 0 Å². The summed E-state index contributed by atoms with van der Waals surface area (Å²) in [5, 5.41) is 0. The van der Waals surface area contributed by atoms with E-state index < -0.39 is 0 Å². The summed E-state index contributed by atoms with van der Waals surface area (Å²) in [6, 6.07) is 9.07. The van der Waals surface area contributed by atoms with E-state index in [0.29, 0.717) is 0 Å². The minimum Gasteiger partial charge on any atom is -0.325 e. The number of hydrogen-bond donors (Lipinski definition) is 1. The molecule has 1 saturated heterocycles. The lowest BCUT2D eigenvalue weighted by Crippen LogP contribution is -2.55. The third kappa shape index (κ3) is 4.33. The third-order valence-electron chi connectivity index (χ3n) is 5.08. The molecule has 124 valence electrons. The highest BCUT2D eigenvalue weighted by Gasteiger charge is 2.34. The maximum Gasteiger partial charge on any atom is 0.0219 e. The molecular weight excluding hydrogens is 268 g/mol. The molecule has 0 amide bonds. The molecule has 1 heterocycles. The number of hydrogen-bond acceptors (Lipinski definition) is 2. The standard InChI is InChI=1S/C20H34N2/c1-18(2,3)17-9-7-16(8-10-17)15-20(21)11-13-22(14-12-20)19(4,5)6/h7-10H,11-15,21H2,1-6H3. The fourth-order valence-corrected chi connectivity index (χ4v) is 3.33. The predicted octanol–water partition coefficient (Wildman–Crippen LogP) is 4.12. The Morgan fingerprint density at radius 3 is 1.86 bits per heavy atom. The first-order valence-corrected chi connectivity index (χ1v) is 8.63. The normalized spacial score (nSPS) is 20.1. The van der Waals surface area contributed by atoms with Crippen molar-refractivity contribution in [2.75, 3.05) is 13.1 Å². The average Bonchev–Trinajstić information content (AvgIpc) is 2.37. The molecule has 0 spiro atoms. The summed E-state index contributed by atoms with van der Waals surface area (Å²) in [5.74, 6) is 0. The summed E-state index contributed by atoms with van der Waals surface area (Å²) in [4.78, 5) is 2.56. The zero-order valence-corrected chi connectivity index (χ0v) is 15.4. The summed E-state index contributed by atoms with van der Waals surface area (Å²) in [5.41, 5.74) is 9.90. The fourth-order valence-electron chi connectivity index (χ4n) is 3.33. The number of nitrogens with zero attached hydrogens (tertiary/aromatic N) is 1. The number of piperidine rings is 1. The average molecular weight is 303 g/mol. The molecule has 2 heteroatoms. The Labute approximate surface area is 137 Å². The first kappa shape index (κ1) is 17.5. The predicted molar refractivity (Wildman–Crippen MR) is 96.3 cm³/mol. The number of nitrogens with two attached hydrogens (primary N) is 1. The van der Waals surface area contributed by atoms with Gasteiger partial charge in [0.05, 0.1) is 0 Å². The molecule has 0 unspecified atom stereocenters. The highest BCUT2D eigenvalue weighted by atomic mass is 15.2. The highest BCUT2D eigenvalue weighted by Crippen LogP contribution is 2.29.